The van der Waals surface area contributed by atoms with E-state index in [1.54, 1.807) is 19.9 Å². The maximum absolute atomic E-state index is 11.9. The summed E-state index contributed by atoms with van der Waals surface area (Å²) in [4.78, 5) is 23.0. The first-order valence-corrected chi connectivity index (χ1v) is 8.28. The maximum atomic E-state index is 11.9. The van der Waals surface area contributed by atoms with Gasteiger partial charge < -0.3 is 15.2 Å². The molecular weight excluding hydrogens is 362 g/mol. The molecule has 1 rings (SSSR count). The third kappa shape index (κ3) is 6.44. The maximum Gasteiger partial charge on any atom is 0.326 e. The topological polar surface area (TPSA) is 75.6 Å². The highest BCUT2D eigenvalue weighted by Crippen LogP contribution is 2.24. The van der Waals surface area contributed by atoms with Crippen molar-refractivity contribution >= 4 is 33.9 Å². The van der Waals surface area contributed by atoms with Gasteiger partial charge in [0.25, 0.3) is 0 Å². The van der Waals surface area contributed by atoms with E-state index in [0.717, 1.165) is 16.5 Å². The summed E-state index contributed by atoms with van der Waals surface area (Å²) in [5.74, 6) is -1.01. The molecular formula is C17H22BrNO4. The van der Waals surface area contributed by atoms with Crippen molar-refractivity contribution in [3.63, 3.8) is 0 Å². The summed E-state index contributed by atoms with van der Waals surface area (Å²) in [6.07, 6.45) is 3.82. The lowest BCUT2D eigenvalue weighted by Gasteiger charge is -2.16. The Kier molecular flexibility index (Phi) is 7.81. The van der Waals surface area contributed by atoms with Crippen molar-refractivity contribution in [2.45, 2.75) is 33.2 Å². The van der Waals surface area contributed by atoms with Crippen LogP contribution < -0.4 is 10.1 Å². The number of rotatable bonds is 8. The van der Waals surface area contributed by atoms with E-state index in [1.165, 1.54) is 6.08 Å². The molecule has 6 heteroatoms. The Morgan fingerprint density at radius 1 is 1.39 bits per heavy atom. The number of carboxylic acids is 1. The fourth-order valence-electron chi connectivity index (χ4n) is 1.87. The Balaban J connectivity index is 2.85. The quantitative estimate of drug-likeness (QED) is 0.673. The van der Waals surface area contributed by atoms with Crippen LogP contribution in [0.4, 0.5) is 0 Å². The molecule has 0 spiro atoms. The van der Waals surface area contributed by atoms with Crippen molar-refractivity contribution < 1.29 is 19.4 Å². The van der Waals surface area contributed by atoms with E-state index in [4.69, 9.17) is 9.84 Å². The Morgan fingerprint density at radius 2 is 2.09 bits per heavy atom. The number of nitrogens with one attached hydrogen (secondary N) is 1. The second-order valence-electron chi connectivity index (χ2n) is 5.43. The zero-order valence-electron chi connectivity index (χ0n) is 13.5. The molecule has 0 aliphatic heterocycles. The lowest BCUT2D eigenvalue weighted by molar-refractivity contribution is -0.142. The fraction of sp³-hybridized carbons (Fsp3) is 0.412. The smallest absolute Gasteiger partial charge is 0.326 e. The molecule has 1 atom stereocenters. The van der Waals surface area contributed by atoms with Crippen LogP contribution in [-0.2, 0) is 9.59 Å². The van der Waals surface area contributed by atoms with Crippen molar-refractivity contribution in [3.05, 3.63) is 34.3 Å². The van der Waals surface area contributed by atoms with Crippen LogP contribution >= 0.6 is 15.9 Å². The van der Waals surface area contributed by atoms with Crippen LogP contribution in [-0.4, -0.2) is 29.6 Å². The number of carbonyl (C=O) groups is 2. The Bertz CT molecular complexity index is 584. The van der Waals surface area contributed by atoms with E-state index in [0.29, 0.717) is 12.4 Å². The minimum Gasteiger partial charge on any atom is -0.493 e. The summed E-state index contributed by atoms with van der Waals surface area (Å²) in [5.41, 5.74) is 0.749. The molecule has 0 radical (unpaired) electrons. The van der Waals surface area contributed by atoms with E-state index in [9.17, 15) is 9.59 Å². The minimum absolute atomic E-state index is 0.195. The molecule has 23 heavy (non-hydrogen) atoms. The van der Waals surface area contributed by atoms with Gasteiger partial charge >= 0.3 is 5.97 Å². The highest BCUT2D eigenvalue weighted by molar-refractivity contribution is 9.10. The lowest BCUT2D eigenvalue weighted by atomic mass is 10.0. The molecule has 1 aromatic carbocycles. The third-order valence-electron chi connectivity index (χ3n) is 3.08. The number of halogens is 1. The molecule has 1 unspecified atom stereocenters. The SMILES string of the molecule is CCCOc1ccc(Br)cc1/C=C/C(=O)NC(C(=O)O)C(C)C. The van der Waals surface area contributed by atoms with Crippen LogP contribution in [0.15, 0.2) is 28.7 Å². The Labute approximate surface area is 144 Å². The fourth-order valence-corrected chi connectivity index (χ4v) is 2.25. The standard InChI is InChI=1S/C17H22BrNO4/c1-4-9-23-14-7-6-13(18)10-12(14)5-8-15(20)19-16(11(2)3)17(21)22/h5-8,10-11,16H,4,9H2,1-3H3,(H,19,20)(H,21,22)/b8-5+. The first kappa shape index (κ1) is 19.2. The predicted octanol–water partition coefficient (Wildman–Crippen LogP) is 3.48. The highest BCUT2D eigenvalue weighted by atomic mass is 79.9. The molecule has 0 aliphatic rings. The zero-order valence-corrected chi connectivity index (χ0v) is 15.1. The van der Waals surface area contributed by atoms with Crippen LogP contribution in [0.2, 0.25) is 0 Å². The lowest BCUT2D eigenvalue weighted by Crippen LogP contribution is -2.43. The van der Waals surface area contributed by atoms with Crippen molar-refractivity contribution in [2.24, 2.45) is 5.92 Å². The van der Waals surface area contributed by atoms with Gasteiger partial charge in [-0.15, -0.1) is 0 Å². The molecule has 5 nitrogen and oxygen atoms in total. The summed E-state index contributed by atoms with van der Waals surface area (Å²) in [7, 11) is 0. The molecule has 0 saturated heterocycles. The number of benzene rings is 1. The molecule has 1 amide bonds. The summed E-state index contributed by atoms with van der Waals surface area (Å²) < 4.78 is 6.50. The Morgan fingerprint density at radius 3 is 2.65 bits per heavy atom. The van der Waals surface area contributed by atoms with Gasteiger partial charge in [-0.05, 0) is 36.6 Å². The van der Waals surface area contributed by atoms with Gasteiger partial charge in [-0.1, -0.05) is 36.7 Å². The van der Waals surface area contributed by atoms with Gasteiger partial charge in [-0.2, -0.15) is 0 Å². The molecule has 0 heterocycles. The number of carbonyl (C=O) groups excluding carboxylic acids is 1. The molecule has 126 valence electrons. The van der Waals surface area contributed by atoms with Crippen molar-refractivity contribution in [1.29, 1.82) is 0 Å². The van der Waals surface area contributed by atoms with Gasteiger partial charge in [-0.3, -0.25) is 4.79 Å². The predicted molar refractivity (Wildman–Crippen MR) is 93.4 cm³/mol. The first-order chi connectivity index (χ1) is 10.8. The van der Waals surface area contributed by atoms with E-state index in [2.05, 4.69) is 21.2 Å². The van der Waals surface area contributed by atoms with E-state index >= 15 is 0 Å². The molecule has 0 aromatic heterocycles. The summed E-state index contributed by atoms with van der Waals surface area (Å²) in [6.45, 7) is 6.09. The average molecular weight is 384 g/mol. The third-order valence-corrected chi connectivity index (χ3v) is 3.57. The number of ether oxygens (including phenoxy) is 1. The monoisotopic (exact) mass is 383 g/mol. The molecule has 0 saturated carbocycles. The summed E-state index contributed by atoms with van der Waals surface area (Å²) in [6, 6.07) is 4.62. The van der Waals surface area contributed by atoms with Crippen molar-refractivity contribution in [3.8, 4) is 5.75 Å². The molecule has 2 N–H and O–H groups in total. The normalized spacial score (nSPS) is 12.4. The average Bonchev–Trinajstić information content (AvgIpc) is 2.49. The number of hydrogen-bond acceptors (Lipinski definition) is 3. The van der Waals surface area contributed by atoms with Crippen LogP contribution in [0.1, 0.15) is 32.8 Å². The van der Waals surface area contributed by atoms with Gasteiger partial charge in [-0.25, -0.2) is 4.79 Å². The van der Waals surface area contributed by atoms with Gasteiger partial charge in [0.15, 0.2) is 0 Å². The first-order valence-electron chi connectivity index (χ1n) is 7.48. The van der Waals surface area contributed by atoms with Crippen molar-refractivity contribution in [2.75, 3.05) is 6.61 Å². The van der Waals surface area contributed by atoms with E-state index in [-0.39, 0.29) is 5.92 Å². The second kappa shape index (κ2) is 9.35. The van der Waals surface area contributed by atoms with Crippen LogP contribution in [0.5, 0.6) is 5.75 Å². The van der Waals surface area contributed by atoms with Gasteiger partial charge in [0.1, 0.15) is 11.8 Å². The molecule has 0 bridgehead atoms. The number of amides is 1. The molecule has 0 aliphatic carbocycles. The van der Waals surface area contributed by atoms with Gasteiger partial charge in [0, 0.05) is 16.1 Å². The number of hydrogen-bond donors (Lipinski definition) is 2. The summed E-state index contributed by atoms with van der Waals surface area (Å²) in [5, 5.41) is 11.6. The van der Waals surface area contributed by atoms with Gasteiger partial charge in [0.2, 0.25) is 5.91 Å². The summed E-state index contributed by atoms with van der Waals surface area (Å²) >= 11 is 3.38. The van der Waals surface area contributed by atoms with E-state index in [1.807, 2.05) is 25.1 Å². The zero-order chi connectivity index (χ0) is 17.4. The number of aliphatic carboxylic acids is 1. The van der Waals surface area contributed by atoms with Crippen LogP contribution in [0, 0.1) is 5.92 Å². The molecule has 0 fully saturated rings. The minimum atomic E-state index is -1.05. The van der Waals surface area contributed by atoms with Crippen molar-refractivity contribution in [1.82, 2.24) is 5.32 Å². The Hall–Kier alpha value is -1.82. The van der Waals surface area contributed by atoms with Crippen LogP contribution in [0.3, 0.4) is 0 Å². The second-order valence-corrected chi connectivity index (χ2v) is 6.35. The van der Waals surface area contributed by atoms with Gasteiger partial charge in [0.05, 0.1) is 6.61 Å². The highest BCUT2D eigenvalue weighted by Gasteiger charge is 2.22. The molecule has 1 aromatic rings. The van der Waals surface area contributed by atoms with Crippen LogP contribution in [0.25, 0.3) is 6.08 Å². The number of carboxylic acid groups (broad SMARTS) is 1. The largest absolute Gasteiger partial charge is 0.493 e. The van der Waals surface area contributed by atoms with E-state index < -0.39 is 17.9 Å².